The predicted molar refractivity (Wildman–Crippen MR) is 136 cm³/mol. The quantitative estimate of drug-likeness (QED) is 0.385. The molecule has 0 spiro atoms. The summed E-state index contributed by atoms with van der Waals surface area (Å²) in [6, 6.07) is 13.2. The molecule has 1 unspecified atom stereocenters. The second-order valence-corrected chi connectivity index (χ2v) is 8.32. The van der Waals surface area contributed by atoms with Gasteiger partial charge in [0.2, 0.25) is 0 Å². The summed E-state index contributed by atoms with van der Waals surface area (Å²) in [4.78, 5) is 26.0. The molecule has 4 heterocycles. The largest absolute Gasteiger partial charge is 0.457 e. The summed E-state index contributed by atoms with van der Waals surface area (Å²) < 4.78 is 8.05. The SMILES string of the molecule is CCC1C=C(Nc2cc(Oc3cccc(C(=O)NCc4ccc5nccn5c4)c3C)ccn2)C=N1. The maximum atomic E-state index is 12.9. The van der Waals surface area contributed by atoms with Crippen LogP contribution in [-0.2, 0) is 6.54 Å². The first kappa shape index (κ1) is 22.3. The molecule has 0 aliphatic carbocycles. The number of fused-ring (bicyclic) bond motifs is 1. The molecule has 1 aromatic carbocycles. The highest BCUT2D eigenvalue weighted by Crippen LogP contribution is 2.28. The zero-order chi connectivity index (χ0) is 24.2. The lowest BCUT2D eigenvalue weighted by molar-refractivity contribution is 0.0950. The van der Waals surface area contributed by atoms with Crippen LogP contribution in [0.2, 0.25) is 0 Å². The molecule has 1 amide bonds. The Morgan fingerprint density at radius 3 is 2.91 bits per heavy atom. The van der Waals surface area contributed by atoms with Crippen molar-refractivity contribution in [2.75, 3.05) is 5.32 Å². The molecule has 0 saturated carbocycles. The van der Waals surface area contributed by atoms with Gasteiger partial charge < -0.3 is 19.8 Å². The maximum Gasteiger partial charge on any atom is 0.251 e. The van der Waals surface area contributed by atoms with Crippen LogP contribution in [-0.4, -0.2) is 32.5 Å². The van der Waals surface area contributed by atoms with E-state index in [0.29, 0.717) is 29.4 Å². The van der Waals surface area contributed by atoms with Gasteiger partial charge in [0, 0.05) is 54.7 Å². The molecule has 3 aromatic heterocycles. The number of hydrogen-bond donors (Lipinski definition) is 2. The summed E-state index contributed by atoms with van der Waals surface area (Å²) in [5, 5.41) is 6.26. The average molecular weight is 467 g/mol. The van der Waals surface area contributed by atoms with Crippen LogP contribution in [0.3, 0.4) is 0 Å². The molecule has 1 atom stereocenters. The van der Waals surface area contributed by atoms with E-state index >= 15 is 0 Å². The van der Waals surface area contributed by atoms with Crippen molar-refractivity contribution in [3.8, 4) is 11.5 Å². The number of carbonyl (C=O) groups is 1. The van der Waals surface area contributed by atoms with Crippen LogP contribution in [0.15, 0.2) is 84.0 Å². The molecule has 0 radical (unpaired) electrons. The van der Waals surface area contributed by atoms with E-state index in [1.54, 1.807) is 24.5 Å². The standard InChI is InChI=1S/C27H26N6O2/c1-3-20-13-21(16-30-20)32-25-14-22(9-10-28-25)35-24-6-4-5-23(18(24)2)27(34)31-15-19-7-8-26-29-11-12-33(26)17-19/h4-14,16-17,20H,3,15H2,1-2H3,(H,28,32)(H,31,34). The molecule has 5 rings (SSSR count). The summed E-state index contributed by atoms with van der Waals surface area (Å²) in [5.41, 5.74) is 4.10. The third-order valence-electron chi connectivity index (χ3n) is 5.86. The number of amides is 1. The van der Waals surface area contributed by atoms with Crippen LogP contribution in [0.25, 0.3) is 5.65 Å². The number of aromatic nitrogens is 3. The summed E-state index contributed by atoms with van der Waals surface area (Å²) in [7, 11) is 0. The Morgan fingerprint density at radius 2 is 2.06 bits per heavy atom. The number of allylic oxidation sites excluding steroid dienone is 1. The summed E-state index contributed by atoms with van der Waals surface area (Å²) >= 11 is 0. The van der Waals surface area contributed by atoms with Crippen molar-refractivity contribution in [3.05, 3.63) is 95.7 Å². The summed E-state index contributed by atoms with van der Waals surface area (Å²) in [6.07, 6.45) is 12.1. The van der Waals surface area contributed by atoms with Gasteiger partial charge in [-0.15, -0.1) is 0 Å². The molecule has 1 aliphatic heterocycles. The van der Waals surface area contributed by atoms with Crippen LogP contribution >= 0.6 is 0 Å². The number of nitrogens with zero attached hydrogens (tertiary/aromatic N) is 4. The Bertz CT molecular complexity index is 1440. The van der Waals surface area contributed by atoms with Crippen LogP contribution in [0.1, 0.15) is 34.8 Å². The molecule has 8 heteroatoms. The van der Waals surface area contributed by atoms with Crippen LogP contribution in [0, 0.1) is 6.92 Å². The number of anilines is 1. The monoisotopic (exact) mass is 466 g/mol. The second-order valence-electron chi connectivity index (χ2n) is 8.32. The first-order valence-corrected chi connectivity index (χ1v) is 11.5. The second kappa shape index (κ2) is 9.80. The summed E-state index contributed by atoms with van der Waals surface area (Å²) in [6.45, 7) is 4.40. The molecule has 0 saturated heterocycles. The molecule has 4 aromatic rings. The van der Waals surface area contributed by atoms with E-state index in [1.807, 2.05) is 60.3 Å². The van der Waals surface area contributed by atoms with Crippen LogP contribution < -0.4 is 15.4 Å². The van der Waals surface area contributed by atoms with Gasteiger partial charge in [-0.1, -0.05) is 19.1 Å². The number of benzene rings is 1. The lowest BCUT2D eigenvalue weighted by Gasteiger charge is -2.13. The molecule has 2 N–H and O–H groups in total. The molecule has 8 nitrogen and oxygen atoms in total. The molecule has 0 fully saturated rings. The molecule has 0 bridgehead atoms. The average Bonchev–Trinajstić information content (AvgIpc) is 3.53. The van der Waals surface area contributed by atoms with Crippen molar-refractivity contribution < 1.29 is 9.53 Å². The van der Waals surface area contributed by atoms with Crippen molar-refractivity contribution in [2.24, 2.45) is 4.99 Å². The number of ether oxygens (including phenoxy) is 1. The van der Waals surface area contributed by atoms with Crippen molar-refractivity contribution in [3.63, 3.8) is 0 Å². The zero-order valence-corrected chi connectivity index (χ0v) is 19.6. The Balaban J connectivity index is 1.26. The minimum absolute atomic E-state index is 0.159. The summed E-state index contributed by atoms with van der Waals surface area (Å²) in [5.74, 6) is 1.74. The molecule has 176 valence electrons. The molecule has 1 aliphatic rings. The van der Waals surface area contributed by atoms with E-state index in [-0.39, 0.29) is 11.9 Å². The predicted octanol–water partition coefficient (Wildman–Crippen LogP) is 4.92. The topological polar surface area (TPSA) is 92.9 Å². The maximum absolute atomic E-state index is 12.9. The highest BCUT2D eigenvalue weighted by Gasteiger charge is 2.14. The Morgan fingerprint density at radius 1 is 1.14 bits per heavy atom. The van der Waals surface area contributed by atoms with Gasteiger partial charge in [0.1, 0.15) is 23.0 Å². The van der Waals surface area contributed by atoms with Gasteiger partial charge in [-0.2, -0.15) is 0 Å². The van der Waals surface area contributed by atoms with Crippen LogP contribution in [0.5, 0.6) is 11.5 Å². The normalized spacial score (nSPS) is 14.7. The zero-order valence-electron chi connectivity index (χ0n) is 19.6. The third-order valence-corrected chi connectivity index (χ3v) is 5.86. The fourth-order valence-electron chi connectivity index (χ4n) is 3.90. The van der Waals surface area contributed by atoms with Gasteiger partial charge >= 0.3 is 0 Å². The fourth-order valence-corrected chi connectivity index (χ4v) is 3.90. The smallest absolute Gasteiger partial charge is 0.251 e. The Hall–Kier alpha value is -4.46. The third kappa shape index (κ3) is 5.06. The van der Waals surface area contributed by atoms with E-state index in [2.05, 4.69) is 38.6 Å². The first-order valence-electron chi connectivity index (χ1n) is 11.5. The van der Waals surface area contributed by atoms with E-state index in [4.69, 9.17) is 4.74 Å². The Kier molecular flexibility index (Phi) is 6.26. The molecule has 35 heavy (non-hydrogen) atoms. The van der Waals surface area contributed by atoms with Gasteiger partial charge in [0.25, 0.3) is 5.91 Å². The Labute approximate surface area is 203 Å². The van der Waals surface area contributed by atoms with Crippen molar-refractivity contribution >= 4 is 23.6 Å². The number of rotatable bonds is 8. The minimum atomic E-state index is -0.159. The van der Waals surface area contributed by atoms with Crippen LogP contribution in [0.4, 0.5) is 5.82 Å². The number of hydrogen-bond acceptors (Lipinski definition) is 6. The van der Waals surface area contributed by atoms with Gasteiger partial charge in [-0.3, -0.25) is 9.79 Å². The number of nitrogens with one attached hydrogen (secondary N) is 2. The highest BCUT2D eigenvalue weighted by atomic mass is 16.5. The number of imidazole rings is 1. The first-order chi connectivity index (χ1) is 17.1. The fraction of sp³-hybridized carbons (Fsp3) is 0.185. The van der Waals surface area contributed by atoms with Gasteiger partial charge in [-0.05, 0) is 49.2 Å². The number of aliphatic imine (C=N–C) groups is 1. The minimum Gasteiger partial charge on any atom is -0.457 e. The van der Waals surface area contributed by atoms with E-state index in [9.17, 15) is 4.79 Å². The lowest BCUT2D eigenvalue weighted by Crippen LogP contribution is -2.23. The lowest BCUT2D eigenvalue weighted by atomic mass is 10.1. The highest BCUT2D eigenvalue weighted by molar-refractivity contribution is 5.96. The van der Waals surface area contributed by atoms with E-state index < -0.39 is 0 Å². The van der Waals surface area contributed by atoms with Gasteiger partial charge in [-0.25, -0.2) is 9.97 Å². The number of carbonyl (C=O) groups excluding carboxylic acids is 1. The molecular weight excluding hydrogens is 440 g/mol. The van der Waals surface area contributed by atoms with Gasteiger partial charge in [0.15, 0.2) is 0 Å². The van der Waals surface area contributed by atoms with Gasteiger partial charge in [0.05, 0.1) is 11.7 Å². The van der Waals surface area contributed by atoms with E-state index in [0.717, 1.165) is 28.9 Å². The van der Waals surface area contributed by atoms with Crippen molar-refractivity contribution in [2.45, 2.75) is 32.9 Å². The van der Waals surface area contributed by atoms with Crippen molar-refractivity contribution in [1.29, 1.82) is 0 Å². The number of pyridine rings is 2. The van der Waals surface area contributed by atoms with Crippen molar-refractivity contribution in [1.82, 2.24) is 19.7 Å². The van der Waals surface area contributed by atoms with E-state index in [1.165, 1.54) is 0 Å². The molecular formula is C27H26N6O2.